The summed E-state index contributed by atoms with van der Waals surface area (Å²) in [5, 5.41) is 2.77. The molecule has 0 bridgehead atoms. The molecule has 3 aromatic rings. The van der Waals surface area contributed by atoms with Crippen molar-refractivity contribution in [1.29, 1.82) is 0 Å². The Hall–Kier alpha value is -1.94. The first-order valence-electron chi connectivity index (χ1n) is 6.29. The average Bonchev–Trinajstić information content (AvgIpc) is 2.89. The second-order valence-electron chi connectivity index (χ2n) is 4.41. The van der Waals surface area contributed by atoms with Crippen molar-refractivity contribution in [2.75, 3.05) is 0 Å². The van der Waals surface area contributed by atoms with E-state index in [2.05, 4.69) is 11.9 Å². The van der Waals surface area contributed by atoms with E-state index in [0.717, 1.165) is 27.9 Å². The van der Waals surface area contributed by atoms with Gasteiger partial charge in [-0.3, -0.25) is 4.79 Å². The van der Waals surface area contributed by atoms with Crippen LogP contribution in [0.15, 0.2) is 46.8 Å². The highest BCUT2D eigenvalue weighted by molar-refractivity contribution is 7.16. The average molecular weight is 270 g/mol. The summed E-state index contributed by atoms with van der Waals surface area (Å²) >= 11 is 1.62. The minimum atomic E-state index is 0.130. The van der Waals surface area contributed by atoms with Crippen LogP contribution in [0.1, 0.15) is 18.3 Å². The number of rotatable bonds is 3. The number of aromatic nitrogens is 2. The molecule has 0 fully saturated rings. The zero-order valence-electron chi connectivity index (χ0n) is 10.7. The summed E-state index contributed by atoms with van der Waals surface area (Å²) in [6.45, 7) is 2.67. The van der Waals surface area contributed by atoms with Gasteiger partial charge in [0.05, 0.1) is 6.54 Å². The molecular weight excluding hydrogens is 256 g/mol. The molecule has 0 aliphatic heterocycles. The summed E-state index contributed by atoms with van der Waals surface area (Å²) in [7, 11) is 0. The predicted molar refractivity (Wildman–Crippen MR) is 78.8 cm³/mol. The molecule has 0 aliphatic rings. The fraction of sp³-hybridized carbons (Fsp3) is 0.200. The molecular formula is C15H14N2OS. The van der Waals surface area contributed by atoms with Gasteiger partial charge in [0.1, 0.15) is 5.82 Å². The van der Waals surface area contributed by atoms with Gasteiger partial charge in [0, 0.05) is 39.8 Å². The first-order valence-corrected chi connectivity index (χ1v) is 7.17. The van der Waals surface area contributed by atoms with Crippen molar-refractivity contribution >= 4 is 21.4 Å². The highest BCUT2D eigenvalue weighted by Crippen LogP contribution is 2.17. The summed E-state index contributed by atoms with van der Waals surface area (Å²) < 4.78 is 3.08. The van der Waals surface area contributed by atoms with Crippen LogP contribution in [-0.2, 0) is 13.0 Å². The van der Waals surface area contributed by atoms with Gasteiger partial charge in [0.2, 0.25) is 0 Å². The Kier molecular flexibility index (Phi) is 3.17. The van der Waals surface area contributed by atoms with Crippen LogP contribution in [-0.4, -0.2) is 9.55 Å². The highest BCUT2D eigenvalue weighted by Gasteiger charge is 2.07. The molecule has 0 atom stereocenters. The van der Waals surface area contributed by atoms with Crippen molar-refractivity contribution in [2.24, 2.45) is 0 Å². The second-order valence-corrected chi connectivity index (χ2v) is 5.32. The molecule has 4 heteroatoms. The molecule has 0 N–H and O–H groups in total. The number of nitrogens with zero attached hydrogens (tertiary/aromatic N) is 2. The molecule has 0 spiro atoms. The lowest BCUT2D eigenvalue weighted by Gasteiger charge is -2.06. The van der Waals surface area contributed by atoms with E-state index in [-0.39, 0.29) is 5.43 Å². The molecule has 0 aliphatic carbocycles. The van der Waals surface area contributed by atoms with E-state index in [4.69, 9.17) is 0 Å². The van der Waals surface area contributed by atoms with E-state index in [0.29, 0.717) is 6.54 Å². The van der Waals surface area contributed by atoms with Crippen LogP contribution in [0.25, 0.3) is 10.1 Å². The number of fused-ring (bicyclic) bond motifs is 1. The third-order valence-corrected chi connectivity index (χ3v) is 4.22. The Morgan fingerprint density at radius 2 is 2.16 bits per heavy atom. The number of benzene rings is 1. The maximum atomic E-state index is 12.4. The number of aryl methyl sites for hydroxylation is 1. The summed E-state index contributed by atoms with van der Waals surface area (Å²) in [5.41, 5.74) is 0.960. The summed E-state index contributed by atoms with van der Waals surface area (Å²) in [6.07, 6.45) is 4.59. The van der Waals surface area contributed by atoms with Crippen LogP contribution >= 0.6 is 11.3 Å². The van der Waals surface area contributed by atoms with Crippen molar-refractivity contribution < 1.29 is 0 Å². The summed E-state index contributed by atoms with van der Waals surface area (Å²) in [4.78, 5) is 16.7. The van der Waals surface area contributed by atoms with Crippen LogP contribution in [0.5, 0.6) is 0 Å². The Bertz CT molecular complexity index is 773. The lowest BCUT2D eigenvalue weighted by atomic mass is 10.2. The van der Waals surface area contributed by atoms with E-state index in [1.54, 1.807) is 17.5 Å². The minimum Gasteiger partial charge on any atom is -0.330 e. The lowest BCUT2D eigenvalue weighted by Crippen LogP contribution is -2.13. The van der Waals surface area contributed by atoms with Crippen LogP contribution in [0.3, 0.4) is 0 Å². The van der Waals surface area contributed by atoms with Crippen LogP contribution in [0.4, 0.5) is 0 Å². The van der Waals surface area contributed by atoms with Gasteiger partial charge in [-0.25, -0.2) is 4.98 Å². The molecule has 2 aromatic heterocycles. The third-order valence-electron chi connectivity index (χ3n) is 3.21. The normalized spacial score (nSPS) is 11.0. The highest BCUT2D eigenvalue weighted by atomic mass is 32.1. The molecule has 0 saturated carbocycles. The van der Waals surface area contributed by atoms with E-state index < -0.39 is 0 Å². The molecule has 3 nitrogen and oxygen atoms in total. The van der Waals surface area contributed by atoms with Crippen molar-refractivity contribution in [3.63, 3.8) is 0 Å². The van der Waals surface area contributed by atoms with Crippen LogP contribution in [0, 0.1) is 0 Å². The Labute approximate surface area is 115 Å². The van der Waals surface area contributed by atoms with Crippen molar-refractivity contribution in [3.8, 4) is 0 Å². The van der Waals surface area contributed by atoms with Gasteiger partial charge in [-0.15, -0.1) is 11.3 Å². The van der Waals surface area contributed by atoms with Gasteiger partial charge in [0.25, 0.3) is 0 Å². The number of hydrogen-bond donors (Lipinski definition) is 0. The fourth-order valence-electron chi connectivity index (χ4n) is 2.21. The first-order chi connectivity index (χ1) is 9.29. The van der Waals surface area contributed by atoms with Crippen LogP contribution < -0.4 is 5.43 Å². The molecule has 0 saturated heterocycles. The number of imidazole rings is 1. The third kappa shape index (κ3) is 2.19. The molecule has 19 heavy (non-hydrogen) atoms. The Balaban J connectivity index is 2.07. The van der Waals surface area contributed by atoms with Gasteiger partial charge in [-0.1, -0.05) is 19.1 Å². The first kappa shape index (κ1) is 12.1. The van der Waals surface area contributed by atoms with Crippen molar-refractivity contribution in [1.82, 2.24) is 9.55 Å². The molecule has 96 valence electrons. The van der Waals surface area contributed by atoms with E-state index in [1.165, 1.54) is 0 Å². The molecule has 0 unspecified atom stereocenters. The standard InChI is InChI=1S/C15H14N2OS/c1-2-14-16-7-8-17(14)9-11-10-19-13-6-4-3-5-12(13)15(11)18/h3-8,10H,2,9H2,1H3. The Morgan fingerprint density at radius 1 is 1.32 bits per heavy atom. The minimum absolute atomic E-state index is 0.130. The predicted octanol–water partition coefficient (Wildman–Crippen LogP) is 3.07. The van der Waals surface area contributed by atoms with Gasteiger partial charge in [-0.2, -0.15) is 0 Å². The van der Waals surface area contributed by atoms with E-state index in [9.17, 15) is 4.79 Å². The molecule has 0 radical (unpaired) electrons. The second kappa shape index (κ2) is 4.97. The maximum absolute atomic E-state index is 12.4. The van der Waals surface area contributed by atoms with Gasteiger partial charge in [0.15, 0.2) is 5.43 Å². The summed E-state index contributed by atoms with van der Waals surface area (Å²) in [6, 6.07) is 7.75. The van der Waals surface area contributed by atoms with Gasteiger partial charge < -0.3 is 4.57 Å². The smallest absolute Gasteiger partial charge is 0.193 e. The van der Waals surface area contributed by atoms with Crippen LogP contribution in [0.2, 0.25) is 0 Å². The molecule has 2 heterocycles. The molecule has 1 aromatic carbocycles. The maximum Gasteiger partial charge on any atom is 0.193 e. The van der Waals surface area contributed by atoms with E-state index >= 15 is 0 Å². The largest absolute Gasteiger partial charge is 0.330 e. The zero-order chi connectivity index (χ0) is 13.2. The molecule has 3 rings (SSSR count). The lowest BCUT2D eigenvalue weighted by molar-refractivity contribution is 0.731. The van der Waals surface area contributed by atoms with Gasteiger partial charge >= 0.3 is 0 Å². The van der Waals surface area contributed by atoms with Crippen molar-refractivity contribution in [2.45, 2.75) is 19.9 Å². The quantitative estimate of drug-likeness (QED) is 0.733. The fourth-order valence-corrected chi connectivity index (χ4v) is 3.10. The van der Waals surface area contributed by atoms with Gasteiger partial charge in [-0.05, 0) is 12.1 Å². The van der Waals surface area contributed by atoms with E-state index in [1.807, 2.05) is 40.4 Å². The summed E-state index contributed by atoms with van der Waals surface area (Å²) in [5.74, 6) is 1.01. The monoisotopic (exact) mass is 270 g/mol. The Morgan fingerprint density at radius 3 is 3.00 bits per heavy atom. The van der Waals surface area contributed by atoms with Crippen molar-refractivity contribution in [3.05, 3.63) is 63.7 Å². The SMILES string of the molecule is CCc1nccn1Cc1csc2ccccc2c1=O. The zero-order valence-corrected chi connectivity index (χ0v) is 11.5. The topological polar surface area (TPSA) is 34.9 Å². The molecule has 0 amide bonds. The number of hydrogen-bond acceptors (Lipinski definition) is 3.